The van der Waals surface area contributed by atoms with Crippen LogP contribution in [0, 0.1) is 0 Å². The molecule has 0 aliphatic rings. The summed E-state index contributed by atoms with van der Waals surface area (Å²) in [5, 5.41) is 0. The number of fused-ring (bicyclic) bond motifs is 1. The van der Waals surface area contributed by atoms with Crippen LogP contribution < -0.4 is 4.90 Å². The summed E-state index contributed by atoms with van der Waals surface area (Å²) in [6.45, 7) is 0.665. The first-order valence-corrected chi connectivity index (χ1v) is 5.93. The van der Waals surface area contributed by atoms with E-state index in [-0.39, 0.29) is 0 Å². The number of aromatic nitrogens is 1. The third kappa shape index (κ3) is 2.07. The van der Waals surface area contributed by atoms with Crippen LogP contribution in [0.3, 0.4) is 0 Å². The van der Waals surface area contributed by atoms with Gasteiger partial charge < -0.3 is 9.32 Å². The number of para-hydroxylation sites is 3. The Hall–Kier alpha value is -2.29. The summed E-state index contributed by atoms with van der Waals surface area (Å²) >= 11 is 0. The standard InChI is InChI=1S/C15H14N2O/c1-17(12-7-3-2-4-8-12)11-15-16-13-9-5-6-10-14(13)18-15/h2-10H,11H2,1H3. The molecule has 0 aliphatic carbocycles. The lowest BCUT2D eigenvalue weighted by Crippen LogP contribution is -2.16. The second-order valence-corrected chi connectivity index (χ2v) is 4.27. The summed E-state index contributed by atoms with van der Waals surface area (Å²) in [4.78, 5) is 6.59. The van der Waals surface area contributed by atoms with Crippen molar-refractivity contribution in [1.82, 2.24) is 4.98 Å². The molecule has 0 atom stereocenters. The van der Waals surface area contributed by atoms with E-state index in [9.17, 15) is 0 Å². The predicted molar refractivity (Wildman–Crippen MR) is 72.6 cm³/mol. The van der Waals surface area contributed by atoms with E-state index in [0.717, 1.165) is 22.7 Å². The monoisotopic (exact) mass is 238 g/mol. The van der Waals surface area contributed by atoms with Crippen LogP contribution >= 0.6 is 0 Å². The van der Waals surface area contributed by atoms with Gasteiger partial charge in [-0.2, -0.15) is 0 Å². The van der Waals surface area contributed by atoms with Crippen molar-refractivity contribution in [2.24, 2.45) is 0 Å². The van der Waals surface area contributed by atoms with Crippen molar-refractivity contribution in [3.05, 3.63) is 60.5 Å². The molecule has 0 saturated heterocycles. The highest BCUT2D eigenvalue weighted by molar-refractivity contribution is 5.72. The van der Waals surface area contributed by atoms with Crippen molar-refractivity contribution < 1.29 is 4.42 Å². The van der Waals surface area contributed by atoms with Crippen molar-refractivity contribution >= 4 is 16.8 Å². The van der Waals surface area contributed by atoms with Crippen molar-refractivity contribution in [3.8, 4) is 0 Å². The van der Waals surface area contributed by atoms with Crippen molar-refractivity contribution in [3.63, 3.8) is 0 Å². The number of anilines is 1. The SMILES string of the molecule is CN(Cc1nc2ccccc2o1)c1ccccc1. The molecule has 0 unspecified atom stereocenters. The van der Waals surface area contributed by atoms with Crippen molar-refractivity contribution in [1.29, 1.82) is 0 Å². The first-order chi connectivity index (χ1) is 8.83. The van der Waals surface area contributed by atoms with Gasteiger partial charge in [-0.25, -0.2) is 4.98 Å². The van der Waals surface area contributed by atoms with E-state index >= 15 is 0 Å². The Labute approximate surface area is 106 Å². The Balaban J connectivity index is 1.84. The average Bonchev–Trinajstić information content (AvgIpc) is 2.82. The molecule has 1 heterocycles. The fourth-order valence-electron chi connectivity index (χ4n) is 1.96. The third-order valence-electron chi connectivity index (χ3n) is 2.91. The van der Waals surface area contributed by atoms with E-state index in [1.165, 1.54) is 0 Å². The van der Waals surface area contributed by atoms with Crippen LogP contribution in [0.25, 0.3) is 11.1 Å². The smallest absolute Gasteiger partial charge is 0.215 e. The third-order valence-corrected chi connectivity index (χ3v) is 2.91. The molecule has 2 aromatic carbocycles. The van der Waals surface area contributed by atoms with Crippen LogP contribution in [0.1, 0.15) is 5.89 Å². The molecule has 0 bridgehead atoms. The molecular formula is C15H14N2O. The molecule has 0 spiro atoms. The van der Waals surface area contributed by atoms with Gasteiger partial charge in [0.25, 0.3) is 0 Å². The molecular weight excluding hydrogens is 224 g/mol. The highest BCUT2D eigenvalue weighted by Gasteiger charge is 2.08. The quantitative estimate of drug-likeness (QED) is 0.699. The summed E-state index contributed by atoms with van der Waals surface area (Å²) in [5.74, 6) is 0.738. The van der Waals surface area contributed by atoms with E-state index < -0.39 is 0 Å². The van der Waals surface area contributed by atoms with Gasteiger partial charge >= 0.3 is 0 Å². The maximum Gasteiger partial charge on any atom is 0.215 e. The van der Waals surface area contributed by atoms with Gasteiger partial charge in [-0.1, -0.05) is 30.3 Å². The average molecular weight is 238 g/mol. The lowest BCUT2D eigenvalue weighted by atomic mass is 10.3. The zero-order valence-corrected chi connectivity index (χ0v) is 10.2. The van der Waals surface area contributed by atoms with Gasteiger partial charge in [-0.05, 0) is 24.3 Å². The summed E-state index contributed by atoms with van der Waals surface area (Å²) in [7, 11) is 2.03. The molecule has 0 fully saturated rings. The Morgan fingerprint density at radius 2 is 1.72 bits per heavy atom. The maximum absolute atomic E-state index is 5.71. The summed E-state index contributed by atoms with van der Waals surface area (Å²) < 4.78 is 5.71. The van der Waals surface area contributed by atoms with E-state index in [1.807, 2.05) is 49.5 Å². The fraction of sp³-hybridized carbons (Fsp3) is 0.133. The number of benzene rings is 2. The summed E-state index contributed by atoms with van der Waals surface area (Å²) in [6, 6.07) is 18.0. The van der Waals surface area contributed by atoms with Crippen LogP contribution in [0.4, 0.5) is 5.69 Å². The molecule has 0 saturated carbocycles. The highest BCUT2D eigenvalue weighted by Crippen LogP contribution is 2.18. The van der Waals surface area contributed by atoms with Crippen molar-refractivity contribution in [2.45, 2.75) is 6.54 Å². The highest BCUT2D eigenvalue weighted by atomic mass is 16.3. The number of hydrogen-bond donors (Lipinski definition) is 0. The number of oxazole rings is 1. The van der Waals surface area contributed by atoms with Gasteiger partial charge in [0.1, 0.15) is 5.52 Å². The minimum atomic E-state index is 0.665. The number of rotatable bonds is 3. The van der Waals surface area contributed by atoms with Crippen LogP contribution in [0.5, 0.6) is 0 Å². The molecule has 3 heteroatoms. The summed E-state index contributed by atoms with van der Waals surface area (Å²) in [6.07, 6.45) is 0. The normalized spacial score (nSPS) is 10.7. The predicted octanol–water partition coefficient (Wildman–Crippen LogP) is 3.46. The lowest BCUT2D eigenvalue weighted by molar-refractivity contribution is 0.527. The number of hydrogen-bond acceptors (Lipinski definition) is 3. The van der Waals surface area contributed by atoms with E-state index in [2.05, 4.69) is 22.0 Å². The Bertz CT molecular complexity index is 613. The maximum atomic E-state index is 5.71. The van der Waals surface area contributed by atoms with Gasteiger partial charge in [0.05, 0.1) is 6.54 Å². The molecule has 3 rings (SSSR count). The molecule has 0 amide bonds. The molecule has 0 aliphatic heterocycles. The lowest BCUT2D eigenvalue weighted by Gasteiger charge is -2.16. The van der Waals surface area contributed by atoms with Gasteiger partial charge in [0.15, 0.2) is 5.58 Å². The molecule has 3 aromatic rings. The minimum absolute atomic E-state index is 0.665. The Morgan fingerprint density at radius 1 is 1.00 bits per heavy atom. The van der Waals surface area contributed by atoms with E-state index in [0.29, 0.717) is 6.54 Å². The Morgan fingerprint density at radius 3 is 2.50 bits per heavy atom. The second kappa shape index (κ2) is 4.53. The molecule has 1 aromatic heterocycles. The minimum Gasteiger partial charge on any atom is -0.439 e. The fourth-order valence-corrected chi connectivity index (χ4v) is 1.96. The van der Waals surface area contributed by atoms with Crippen LogP contribution in [0.2, 0.25) is 0 Å². The molecule has 0 radical (unpaired) electrons. The van der Waals surface area contributed by atoms with Gasteiger partial charge in [0.2, 0.25) is 5.89 Å². The molecule has 0 N–H and O–H groups in total. The van der Waals surface area contributed by atoms with Crippen molar-refractivity contribution in [2.75, 3.05) is 11.9 Å². The van der Waals surface area contributed by atoms with Gasteiger partial charge in [0, 0.05) is 12.7 Å². The van der Waals surface area contributed by atoms with Gasteiger partial charge in [-0.3, -0.25) is 0 Å². The van der Waals surface area contributed by atoms with E-state index in [4.69, 9.17) is 4.42 Å². The molecule has 90 valence electrons. The first kappa shape index (κ1) is 10.8. The van der Waals surface area contributed by atoms with Crippen LogP contribution in [0.15, 0.2) is 59.0 Å². The van der Waals surface area contributed by atoms with Crippen LogP contribution in [-0.4, -0.2) is 12.0 Å². The first-order valence-electron chi connectivity index (χ1n) is 5.93. The van der Waals surface area contributed by atoms with Gasteiger partial charge in [-0.15, -0.1) is 0 Å². The molecule has 18 heavy (non-hydrogen) atoms. The number of nitrogens with zero attached hydrogens (tertiary/aromatic N) is 2. The zero-order valence-electron chi connectivity index (χ0n) is 10.2. The molecule has 3 nitrogen and oxygen atoms in total. The second-order valence-electron chi connectivity index (χ2n) is 4.27. The Kier molecular flexibility index (Phi) is 2.73. The van der Waals surface area contributed by atoms with Crippen LogP contribution in [-0.2, 0) is 6.54 Å². The topological polar surface area (TPSA) is 29.3 Å². The van der Waals surface area contributed by atoms with E-state index in [1.54, 1.807) is 0 Å². The zero-order chi connectivity index (χ0) is 12.4. The largest absolute Gasteiger partial charge is 0.439 e. The summed E-state index contributed by atoms with van der Waals surface area (Å²) in [5.41, 5.74) is 2.91.